The van der Waals surface area contributed by atoms with Gasteiger partial charge in [-0.2, -0.15) is 0 Å². The molecule has 1 saturated carbocycles. The fraction of sp³-hybridized carbons (Fsp3) is 0.786. The second kappa shape index (κ2) is 6.09. The SMILES string of the molecule is CCC=CCC1C(=O)CCC1CC(C)C. The monoisotopic (exact) mass is 208 g/mol. The fourth-order valence-corrected chi connectivity index (χ4v) is 2.60. The molecule has 0 heterocycles. The van der Waals surface area contributed by atoms with Crippen LogP contribution in [0.1, 0.15) is 52.9 Å². The summed E-state index contributed by atoms with van der Waals surface area (Å²) < 4.78 is 0. The zero-order valence-electron chi connectivity index (χ0n) is 10.3. The van der Waals surface area contributed by atoms with E-state index in [0.717, 1.165) is 31.6 Å². The highest BCUT2D eigenvalue weighted by Crippen LogP contribution is 2.35. The van der Waals surface area contributed by atoms with Crippen LogP contribution in [-0.2, 0) is 4.79 Å². The summed E-state index contributed by atoms with van der Waals surface area (Å²) in [5, 5.41) is 0. The minimum absolute atomic E-state index is 0.329. The minimum Gasteiger partial charge on any atom is -0.299 e. The van der Waals surface area contributed by atoms with Crippen LogP contribution in [0.15, 0.2) is 12.2 Å². The lowest BCUT2D eigenvalue weighted by Crippen LogP contribution is -2.15. The summed E-state index contributed by atoms with van der Waals surface area (Å²) in [6, 6.07) is 0. The van der Waals surface area contributed by atoms with Crippen molar-refractivity contribution in [2.24, 2.45) is 17.8 Å². The van der Waals surface area contributed by atoms with Crippen molar-refractivity contribution >= 4 is 5.78 Å². The van der Waals surface area contributed by atoms with Crippen molar-refractivity contribution < 1.29 is 4.79 Å². The lowest BCUT2D eigenvalue weighted by molar-refractivity contribution is -0.121. The molecule has 1 aliphatic carbocycles. The first-order valence-electron chi connectivity index (χ1n) is 6.32. The maximum Gasteiger partial charge on any atom is 0.136 e. The number of ketones is 1. The van der Waals surface area contributed by atoms with Crippen LogP contribution in [0.25, 0.3) is 0 Å². The number of carbonyl (C=O) groups is 1. The molecule has 0 N–H and O–H groups in total. The van der Waals surface area contributed by atoms with E-state index in [1.54, 1.807) is 0 Å². The zero-order valence-corrected chi connectivity index (χ0v) is 10.3. The van der Waals surface area contributed by atoms with Gasteiger partial charge in [0.2, 0.25) is 0 Å². The van der Waals surface area contributed by atoms with Crippen LogP contribution in [0.3, 0.4) is 0 Å². The number of carbonyl (C=O) groups excluding carboxylic acids is 1. The van der Waals surface area contributed by atoms with Crippen LogP contribution >= 0.6 is 0 Å². The third-order valence-electron chi connectivity index (χ3n) is 3.31. The summed E-state index contributed by atoms with van der Waals surface area (Å²) in [5.41, 5.74) is 0. The van der Waals surface area contributed by atoms with Crippen molar-refractivity contribution in [1.29, 1.82) is 0 Å². The van der Waals surface area contributed by atoms with Crippen LogP contribution in [-0.4, -0.2) is 5.78 Å². The normalized spacial score (nSPS) is 27.1. The third kappa shape index (κ3) is 3.81. The van der Waals surface area contributed by atoms with Gasteiger partial charge in [-0.05, 0) is 37.5 Å². The van der Waals surface area contributed by atoms with E-state index < -0.39 is 0 Å². The molecule has 0 saturated heterocycles. The van der Waals surface area contributed by atoms with Gasteiger partial charge in [-0.3, -0.25) is 4.79 Å². The van der Waals surface area contributed by atoms with Crippen LogP contribution in [0.2, 0.25) is 0 Å². The summed E-state index contributed by atoms with van der Waals surface area (Å²) in [6.45, 7) is 6.64. The molecule has 0 aromatic carbocycles. The van der Waals surface area contributed by atoms with Crippen LogP contribution in [0.4, 0.5) is 0 Å². The highest BCUT2D eigenvalue weighted by Gasteiger charge is 2.33. The molecule has 0 aromatic rings. The first kappa shape index (κ1) is 12.5. The van der Waals surface area contributed by atoms with Crippen molar-refractivity contribution in [3.05, 3.63) is 12.2 Å². The summed E-state index contributed by atoms with van der Waals surface area (Å²) >= 11 is 0. The third-order valence-corrected chi connectivity index (χ3v) is 3.31. The molecule has 1 heteroatoms. The summed E-state index contributed by atoms with van der Waals surface area (Å²) in [6.07, 6.45) is 9.60. The molecule has 0 radical (unpaired) electrons. The molecule has 0 amide bonds. The predicted octanol–water partition coefficient (Wildman–Crippen LogP) is 3.98. The Labute approximate surface area is 93.9 Å². The highest BCUT2D eigenvalue weighted by atomic mass is 16.1. The molecule has 0 bridgehead atoms. The number of rotatable bonds is 5. The first-order valence-corrected chi connectivity index (χ1v) is 6.32. The molecule has 1 fully saturated rings. The molecule has 1 aliphatic rings. The maximum absolute atomic E-state index is 11.7. The van der Waals surface area contributed by atoms with Crippen LogP contribution in [0.5, 0.6) is 0 Å². The number of allylic oxidation sites excluding steroid dienone is 2. The van der Waals surface area contributed by atoms with E-state index in [4.69, 9.17) is 0 Å². The van der Waals surface area contributed by atoms with Gasteiger partial charge in [0.15, 0.2) is 0 Å². The van der Waals surface area contributed by atoms with Crippen molar-refractivity contribution in [3.63, 3.8) is 0 Å². The summed E-state index contributed by atoms with van der Waals surface area (Å²) in [7, 11) is 0. The Morgan fingerprint density at radius 3 is 2.73 bits per heavy atom. The number of hydrogen-bond donors (Lipinski definition) is 0. The van der Waals surface area contributed by atoms with Crippen molar-refractivity contribution in [3.8, 4) is 0 Å². The van der Waals surface area contributed by atoms with Gasteiger partial charge in [0.05, 0.1) is 0 Å². The Balaban J connectivity index is 2.49. The molecule has 15 heavy (non-hydrogen) atoms. The van der Waals surface area contributed by atoms with E-state index in [1.165, 1.54) is 6.42 Å². The van der Waals surface area contributed by atoms with E-state index in [-0.39, 0.29) is 0 Å². The predicted molar refractivity (Wildman–Crippen MR) is 64.7 cm³/mol. The quantitative estimate of drug-likeness (QED) is 0.624. The molecule has 2 unspecified atom stereocenters. The lowest BCUT2D eigenvalue weighted by Gasteiger charge is -2.18. The van der Waals surface area contributed by atoms with Gasteiger partial charge >= 0.3 is 0 Å². The summed E-state index contributed by atoms with van der Waals surface area (Å²) in [4.78, 5) is 11.7. The molecular weight excluding hydrogens is 184 g/mol. The van der Waals surface area contributed by atoms with E-state index in [2.05, 4.69) is 32.9 Å². The van der Waals surface area contributed by atoms with Gasteiger partial charge in [-0.15, -0.1) is 0 Å². The van der Waals surface area contributed by atoms with E-state index in [1.807, 2.05) is 0 Å². The first-order chi connectivity index (χ1) is 7.15. The maximum atomic E-state index is 11.7. The van der Waals surface area contributed by atoms with Gasteiger partial charge in [0.25, 0.3) is 0 Å². The van der Waals surface area contributed by atoms with Crippen molar-refractivity contribution in [2.45, 2.75) is 52.9 Å². The van der Waals surface area contributed by atoms with E-state index >= 15 is 0 Å². The molecule has 86 valence electrons. The second-order valence-electron chi connectivity index (χ2n) is 5.12. The largest absolute Gasteiger partial charge is 0.299 e. The van der Waals surface area contributed by atoms with Crippen molar-refractivity contribution in [2.75, 3.05) is 0 Å². The Morgan fingerprint density at radius 1 is 1.40 bits per heavy atom. The molecule has 0 spiro atoms. The average molecular weight is 208 g/mol. The molecule has 1 nitrogen and oxygen atoms in total. The Hall–Kier alpha value is -0.590. The second-order valence-corrected chi connectivity index (χ2v) is 5.12. The fourth-order valence-electron chi connectivity index (χ4n) is 2.60. The average Bonchev–Trinajstić information content (AvgIpc) is 2.49. The van der Waals surface area contributed by atoms with Gasteiger partial charge < -0.3 is 0 Å². The van der Waals surface area contributed by atoms with Gasteiger partial charge in [0, 0.05) is 12.3 Å². The lowest BCUT2D eigenvalue weighted by atomic mass is 9.86. The Morgan fingerprint density at radius 2 is 2.13 bits per heavy atom. The van der Waals surface area contributed by atoms with Gasteiger partial charge in [-0.25, -0.2) is 0 Å². The Kier molecular flexibility index (Phi) is 5.07. The number of hydrogen-bond acceptors (Lipinski definition) is 1. The molecule has 1 rings (SSSR count). The minimum atomic E-state index is 0.329. The van der Waals surface area contributed by atoms with E-state index in [9.17, 15) is 4.79 Å². The molecule has 0 aliphatic heterocycles. The topological polar surface area (TPSA) is 17.1 Å². The smallest absolute Gasteiger partial charge is 0.136 e. The molecule has 0 aromatic heterocycles. The number of Topliss-reactive ketones (excluding diaryl/α,β-unsaturated/α-hetero) is 1. The highest BCUT2D eigenvalue weighted by molar-refractivity contribution is 5.83. The van der Waals surface area contributed by atoms with Crippen LogP contribution < -0.4 is 0 Å². The molecular formula is C14H24O. The van der Waals surface area contributed by atoms with Crippen molar-refractivity contribution in [1.82, 2.24) is 0 Å². The summed E-state index contributed by atoms with van der Waals surface area (Å²) in [5.74, 6) is 2.20. The van der Waals surface area contributed by atoms with Gasteiger partial charge in [0.1, 0.15) is 5.78 Å². The standard InChI is InChI=1S/C14H24O/c1-4-5-6-7-13-12(10-11(2)3)8-9-14(13)15/h5-6,11-13H,4,7-10H2,1-3H3. The molecule has 2 atom stereocenters. The van der Waals surface area contributed by atoms with Crippen LogP contribution in [0, 0.1) is 17.8 Å². The Bertz CT molecular complexity index is 227. The zero-order chi connectivity index (χ0) is 11.3. The van der Waals surface area contributed by atoms with Gasteiger partial charge in [-0.1, -0.05) is 32.9 Å². The van der Waals surface area contributed by atoms with E-state index in [0.29, 0.717) is 17.6 Å².